The normalized spacial score (nSPS) is 18.8. The fourth-order valence-electron chi connectivity index (χ4n) is 2.21. The maximum absolute atomic E-state index is 12.4. The van der Waals surface area contributed by atoms with Crippen molar-refractivity contribution in [2.75, 3.05) is 13.2 Å². The van der Waals surface area contributed by atoms with E-state index < -0.39 is 5.41 Å². The van der Waals surface area contributed by atoms with Gasteiger partial charge in [0.05, 0.1) is 6.54 Å². The Morgan fingerprint density at radius 1 is 1.65 bits per heavy atom. The van der Waals surface area contributed by atoms with Gasteiger partial charge in [-0.2, -0.15) is 5.10 Å². The molecular weight excluding hydrogens is 264 g/mol. The summed E-state index contributed by atoms with van der Waals surface area (Å²) in [5, 5.41) is 18.7. The van der Waals surface area contributed by atoms with Crippen molar-refractivity contribution in [3.05, 3.63) is 12.2 Å². The van der Waals surface area contributed by atoms with Crippen molar-refractivity contribution >= 4 is 11.7 Å². The van der Waals surface area contributed by atoms with Gasteiger partial charge in [-0.05, 0) is 12.8 Å². The SMILES string of the molecule is Cn1cnc(CNC(=O)C2(C(N)=NO)CCOCC2)n1. The lowest BCUT2D eigenvalue weighted by Gasteiger charge is -2.34. The number of aromatic nitrogens is 3. The highest BCUT2D eigenvalue weighted by Gasteiger charge is 2.44. The second-order valence-electron chi connectivity index (χ2n) is 4.70. The molecule has 110 valence electrons. The molecule has 1 aromatic rings. The van der Waals surface area contributed by atoms with Crippen molar-refractivity contribution in [3.8, 4) is 0 Å². The van der Waals surface area contributed by atoms with E-state index >= 15 is 0 Å². The smallest absolute Gasteiger partial charge is 0.234 e. The molecule has 1 aliphatic heterocycles. The van der Waals surface area contributed by atoms with Crippen LogP contribution in [0.5, 0.6) is 0 Å². The lowest BCUT2D eigenvalue weighted by Crippen LogP contribution is -2.52. The molecule has 1 aliphatic rings. The van der Waals surface area contributed by atoms with Gasteiger partial charge in [-0.3, -0.25) is 9.48 Å². The van der Waals surface area contributed by atoms with E-state index in [1.165, 1.54) is 0 Å². The standard InChI is InChI=1S/C11H18N6O3/c1-17-7-14-8(15-17)6-13-10(18)11(9(12)16-19)2-4-20-5-3-11/h7,19H,2-6H2,1H3,(H2,12,16)(H,13,18). The molecule has 0 atom stereocenters. The third-order valence-electron chi connectivity index (χ3n) is 3.43. The van der Waals surface area contributed by atoms with Gasteiger partial charge in [-0.15, -0.1) is 0 Å². The van der Waals surface area contributed by atoms with Crippen LogP contribution in [-0.4, -0.2) is 44.9 Å². The number of amides is 1. The Kier molecular flexibility index (Phi) is 4.18. The van der Waals surface area contributed by atoms with Crippen LogP contribution in [0, 0.1) is 5.41 Å². The summed E-state index contributed by atoms with van der Waals surface area (Å²) < 4.78 is 6.79. The Balaban J connectivity index is 2.07. The summed E-state index contributed by atoms with van der Waals surface area (Å²) in [5.74, 6) is 0.110. The fourth-order valence-corrected chi connectivity index (χ4v) is 2.21. The molecule has 1 fully saturated rings. The highest BCUT2D eigenvalue weighted by Crippen LogP contribution is 2.31. The summed E-state index contributed by atoms with van der Waals surface area (Å²) in [6.07, 6.45) is 2.31. The Morgan fingerprint density at radius 3 is 2.90 bits per heavy atom. The van der Waals surface area contributed by atoms with Crippen LogP contribution < -0.4 is 11.1 Å². The number of amidine groups is 1. The molecule has 0 radical (unpaired) electrons. The number of hydrogen-bond acceptors (Lipinski definition) is 6. The summed E-state index contributed by atoms with van der Waals surface area (Å²) >= 11 is 0. The predicted octanol–water partition coefficient (Wildman–Crippen LogP) is -1.03. The number of nitrogens with zero attached hydrogens (tertiary/aromatic N) is 4. The van der Waals surface area contributed by atoms with E-state index in [0.717, 1.165) is 0 Å². The van der Waals surface area contributed by atoms with Crippen molar-refractivity contribution in [2.24, 2.45) is 23.4 Å². The van der Waals surface area contributed by atoms with Gasteiger partial charge in [-0.25, -0.2) is 4.98 Å². The Labute approximate surface area is 115 Å². The highest BCUT2D eigenvalue weighted by atomic mass is 16.5. The maximum atomic E-state index is 12.4. The molecule has 9 heteroatoms. The van der Waals surface area contributed by atoms with Crippen LogP contribution in [0.4, 0.5) is 0 Å². The monoisotopic (exact) mass is 282 g/mol. The zero-order valence-electron chi connectivity index (χ0n) is 11.2. The van der Waals surface area contributed by atoms with E-state index in [9.17, 15) is 4.79 Å². The first kappa shape index (κ1) is 14.3. The van der Waals surface area contributed by atoms with Gasteiger partial charge < -0.3 is 21.0 Å². The van der Waals surface area contributed by atoms with Gasteiger partial charge >= 0.3 is 0 Å². The molecule has 2 heterocycles. The number of aryl methyl sites for hydroxylation is 1. The van der Waals surface area contributed by atoms with Gasteiger partial charge in [-0.1, -0.05) is 5.16 Å². The van der Waals surface area contributed by atoms with E-state index in [0.29, 0.717) is 31.9 Å². The van der Waals surface area contributed by atoms with Crippen molar-refractivity contribution in [1.82, 2.24) is 20.1 Å². The molecule has 0 aliphatic carbocycles. The lowest BCUT2D eigenvalue weighted by atomic mass is 9.78. The molecule has 1 amide bonds. The summed E-state index contributed by atoms with van der Waals surface area (Å²) in [6, 6.07) is 0. The van der Waals surface area contributed by atoms with Crippen LogP contribution in [0.2, 0.25) is 0 Å². The van der Waals surface area contributed by atoms with E-state index in [-0.39, 0.29) is 18.3 Å². The summed E-state index contributed by atoms with van der Waals surface area (Å²) in [6.45, 7) is 0.984. The molecule has 0 spiro atoms. The second-order valence-corrected chi connectivity index (χ2v) is 4.70. The van der Waals surface area contributed by atoms with Crippen LogP contribution in [0.15, 0.2) is 11.5 Å². The van der Waals surface area contributed by atoms with E-state index in [1.54, 1.807) is 18.1 Å². The first-order valence-electron chi connectivity index (χ1n) is 6.27. The van der Waals surface area contributed by atoms with E-state index in [1.807, 2.05) is 0 Å². The Hall–Kier alpha value is -2.16. The average Bonchev–Trinajstić information content (AvgIpc) is 2.90. The number of nitrogens with one attached hydrogen (secondary N) is 1. The van der Waals surface area contributed by atoms with Crippen molar-refractivity contribution in [1.29, 1.82) is 0 Å². The highest BCUT2D eigenvalue weighted by molar-refractivity contribution is 6.06. The maximum Gasteiger partial charge on any atom is 0.234 e. The van der Waals surface area contributed by atoms with Crippen molar-refractivity contribution in [3.63, 3.8) is 0 Å². The van der Waals surface area contributed by atoms with Gasteiger partial charge in [0.1, 0.15) is 11.7 Å². The summed E-state index contributed by atoms with van der Waals surface area (Å²) in [7, 11) is 1.74. The van der Waals surface area contributed by atoms with Crippen LogP contribution in [-0.2, 0) is 23.1 Å². The average molecular weight is 282 g/mol. The molecule has 20 heavy (non-hydrogen) atoms. The number of carbonyl (C=O) groups excluding carboxylic acids is 1. The molecule has 1 aromatic heterocycles. The zero-order valence-corrected chi connectivity index (χ0v) is 11.2. The van der Waals surface area contributed by atoms with Crippen LogP contribution >= 0.6 is 0 Å². The largest absolute Gasteiger partial charge is 0.409 e. The minimum atomic E-state index is -1.03. The number of oxime groups is 1. The first-order valence-corrected chi connectivity index (χ1v) is 6.27. The molecule has 0 aromatic carbocycles. The van der Waals surface area contributed by atoms with Crippen LogP contribution in [0.3, 0.4) is 0 Å². The van der Waals surface area contributed by atoms with Crippen LogP contribution in [0.25, 0.3) is 0 Å². The molecule has 0 bridgehead atoms. The van der Waals surface area contributed by atoms with E-state index in [4.69, 9.17) is 15.7 Å². The van der Waals surface area contributed by atoms with Gasteiger partial charge in [0, 0.05) is 20.3 Å². The molecule has 0 unspecified atom stereocenters. The Bertz CT molecular complexity index is 506. The summed E-state index contributed by atoms with van der Waals surface area (Å²) in [5.41, 5.74) is 4.68. The molecule has 9 nitrogen and oxygen atoms in total. The molecule has 1 saturated heterocycles. The van der Waals surface area contributed by atoms with Gasteiger partial charge in [0.15, 0.2) is 11.7 Å². The van der Waals surface area contributed by atoms with Gasteiger partial charge in [0.25, 0.3) is 0 Å². The topological polar surface area (TPSA) is 128 Å². The van der Waals surface area contributed by atoms with E-state index in [2.05, 4.69) is 20.6 Å². The predicted molar refractivity (Wildman–Crippen MR) is 68.7 cm³/mol. The third-order valence-corrected chi connectivity index (χ3v) is 3.43. The number of carbonyl (C=O) groups is 1. The number of hydrogen-bond donors (Lipinski definition) is 3. The van der Waals surface area contributed by atoms with Crippen molar-refractivity contribution < 1.29 is 14.7 Å². The Morgan fingerprint density at radius 2 is 2.35 bits per heavy atom. The second kappa shape index (κ2) is 5.87. The molecule has 0 saturated carbocycles. The fraction of sp³-hybridized carbons (Fsp3) is 0.636. The minimum absolute atomic E-state index is 0.0905. The van der Waals surface area contributed by atoms with Crippen LogP contribution in [0.1, 0.15) is 18.7 Å². The zero-order chi connectivity index (χ0) is 14.6. The molecular formula is C11H18N6O3. The molecule has 2 rings (SSSR count). The van der Waals surface area contributed by atoms with Gasteiger partial charge in [0.2, 0.25) is 5.91 Å². The summed E-state index contributed by atoms with van der Waals surface area (Å²) in [4.78, 5) is 16.4. The molecule has 4 N–H and O–H groups in total. The minimum Gasteiger partial charge on any atom is -0.409 e. The first-order chi connectivity index (χ1) is 9.58. The number of nitrogens with two attached hydrogens (primary N) is 1. The number of rotatable bonds is 4. The quantitative estimate of drug-likeness (QED) is 0.280. The number of ether oxygens (including phenoxy) is 1. The third kappa shape index (κ3) is 2.72. The van der Waals surface area contributed by atoms with Crippen molar-refractivity contribution in [2.45, 2.75) is 19.4 Å². The lowest BCUT2D eigenvalue weighted by molar-refractivity contribution is -0.131.